The van der Waals surface area contributed by atoms with Crippen molar-refractivity contribution in [3.8, 4) is 16.9 Å². The molecule has 1 aromatic carbocycles. The van der Waals surface area contributed by atoms with Gasteiger partial charge in [0.2, 0.25) is 0 Å². The molecule has 0 unspecified atom stereocenters. The van der Waals surface area contributed by atoms with Gasteiger partial charge in [-0.2, -0.15) is 5.10 Å². The van der Waals surface area contributed by atoms with Gasteiger partial charge < -0.3 is 10.1 Å². The first-order valence-corrected chi connectivity index (χ1v) is 6.69. The number of methoxy groups -OCH3 is 1. The van der Waals surface area contributed by atoms with Gasteiger partial charge in [0, 0.05) is 30.4 Å². The van der Waals surface area contributed by atoms with Crippen molar-refractivity contribution in [2.45, 2.75) is 26.9 Å². The van der Waals surface area contributed by atoms with E-state index in [1.807, 2.05) is 16.9 Å². The molecular weight excluding hydrogens is 238 g/mol. The van der Waals surface area contributed by atoms with E-state index in [0.29, 0.717) is 0 Å². The Morgan fingerprint density at radius 2 is 2.11 bits per heavy atom. The fourth-order valence-electron chi connectivity index (χ4n) is 2.04. The van der Waals surface area contributed by atoms with Gasteiger partial charge in [-0.1, -0.05) is 13.0 Å². The van der Waals surface area contributed by atoms with Gasteiger partial charge >= 0.3 is 0 Å². The van der Waals surface area contributed by atoms with Crippen LogP contribution in [0.15, 0.2) is 30.6 Å². The zero-order chi connectivity index (χ0) is 13.7. The van der Waals surface area contributed by atoms with Gasteiger partial charge in [0.25, 0.3) is 0 Å². The molecule has 0 aliphatic carbocycles. The first-order valence-electron chi connectivity index (χ1n) is 6.69. The van der Waals surface area contributed by atoms with Crippen molar-refractivity contribution in [1.29, 1.82) is 0 Å². The fraction of sp³-hybridized carbons (Fsp3) is 0.400. The number of hydrogen-bond donors (Lipinski definition) is 1. The van der Waals surface area contributed by atoms with Crippen LogP contribution in [0.1, 0.15) is 19.4 Å². The minimum atomic E-state index is 0.815. The summed E-state index contributed by atoms with van der Waals surface area (Å²) in [4.78, 5) is 0. The van der Waals surface area contributed by atoms with Gasteiger partial charge in [-0.15, -0.1) is 0 Å². The average molecular weight is 259 g/mol. The molecule has 4 heteroatoms. The lowest BCUT2D eigenvalue weighted by Gasteiger charge is -2.10. The van der Waals surface area contributed by atoms with Crippen LogP contribution in [-0.2, 0) is 13.1 Å². The first-order chi connectivity index (χ1) is 9.28. The second-order valence-electron chi connectivity index (χ2n) is 4.39. The van der Waals surface area contributed by atoms with Gasteiger partial charge in [-0.05, 0) is 31.2 Å². The summed E-state index contributed by atoms with van der Waals surface area (Å²) in [6, 6.07) is 6.26. The van der Waals surface area contributed by atoms with Crippen molar-refractivity contribution in [3.63, 3.8) is 0 Å². The lowest BCUT2D eigenvalue weighted by Crippen LogP contribution is -2.12. The molecule has 0 aliphatic rings. The summed E-state index contributed by atoms with van der Waals surface area (Å²) in [5.41, 5.74) is 3.49. The Morgan fingerprint density at radius 1 is 1.26 bits per heavy atom. The van der Waals surface area contributed by atoms with Crippen molar-refractivity contribution in [2.24, 2.45) is 0 Å². The van der Waals surface area contributed by atoms with E-state index in [1.165, 1.54) is 11.1 Å². The van der Waals surface area contributed by atoms with Crippen LogP contribution in [0, 0.1) is 0 Å². The maximum absolute atomic E-state index is 5.40. The second kappa shape index (κ2) is 6.38. The minimum Gasteiger partial charge on any atom is -0.496 e. The predicted octanol–water partition coefficient (Wildman–Crippen LogP) is 2.69. The maximum atomic E-state index is 5.40. The van der Waals surface area contributed by atoms with Crippen molar-refractivity contribution in [2.75, 3.05) is 13.7 Å². The van der Waals surface area contributed by atoms with Crippen molar-refractivity contribution in [1.82, 2.24) is 15.1 Å². The van der Waals surface area contributed by atoms with Crippen LogP contribution in [0.25, 0.3) is 11.1 Å². The third-order valence-electron chi connectivity index (χ3n) is 3.14. The molecule has 1 heterocycles. The molecule has 0 saturated carbocycles. The summed E-state index contributed by atoms with van der Waals surface area (Å²) < 4.78 is 7.33. The summed E-state index contributed by atoms with van der Waals surface area (Å²) in [6.45, 7) is 6.83. The van der Waals surface area contributed by atoms with Crippen molar-refractivity contribution < 1.29 is 4.74 Å². The van der Waals surface area contributed by atoms with Gasteiger partial charge in [0.15, 0.2) is 0 Å². The largest absolute Gasteiger partial charge is 0.496 e. The highest BCUT2D eigenvalue weighted by Gasteiger charge is 2.07. The number of hydrogen-bond acceptors (Lipinski definition) is 3. The lowest BCUT2D eigenvalue weighted by atomic mass is 10.1. The lowest BCUT2D eigenvalue weighted by molar-refractivity contribution is 0.408. The molecule has 4 nitrogen and oxygen atoms in total. The van der Waals surface area contributed by atoms with E-state index in [0.717, 1.165) is 30.9 Å². The predicted molar refractivity (Wildman–Crippen MR) is 77.3 cm³/mol. The van der Waals surface area contributed by atoms with Crippen LogP contribution in [0.5, 0.6) is 5.75 Å². The molecule has 0 radical (unpaired) electrons. The number of aromatic nitrogens is 2. The molecule has 102 valence electrons. The number of rotatable bonds is 6. The Morgan fingerprint density at radius 3 is 2.74 bits per heavy atom. The van der Waals surface area contributed by atoms with Crippen LogP contribution in [0.3, 0.4) is 0 Å². The Bertz CT molecular complexity index is 534. The average Bonchev–Trinajstić information content (AvgIpc) is 2.93. The Labute approximate surface area is 114 Å². The van der Waals surface area contributed by atoms with E-state index in [9.17, 15) is 0 Å². The van der Waals surface area contributed by atoms with Crippen molar-refractivity contribution in [3.05, 3.63) is 36.2 Å². The molecule has 2 rings (SSSR count). The quantitative estimate of drug-likeness (QED) is 0.867. The van der Waals surface area contributed by atoms with E-state index in [2.05, 4.69) is 42.6 Å². The smallest absolute Gasteiger partial charge is 0.123 e. The number of ether oxygens (including phenoxy) is 1. The molecule has 0 aliphatic heterocycles. The van der Waals surface area contributed by atoms with Crippen molar-refractivity contribution >= 4 is 0 Å². The standard InChI is InChI=1S/C15H21N3O/c1-4-16-9-13-8-12(6-7-15(13)19-3)14-10-17-18(5-2)11-14/h6-8,10-11,16H,4-5,9H2,1-3H3. The Hall–Kier alpha value is -1.81. The summed E-state index contributed by atoms with van der Waals surface area (Å²) in [5.74, 6) is 0.924. The molecule has 0 spiro atoms. The molecule has 2 aromatic rings. The maximum Gasteiger partial charge on any atom is 0.123 e. The summed E-state index contributed by atoms with van der Waals surface area (Å²) >= 11 is 0. The van der Waals surface area contributed by atoms with Gasteiger partial charge in [0.05, 0.1) is 13.3 Å². The number of aryl methyl sites for hydroxylation is 1. The minimum absolute atomic E-state index is 0.815. The molecule has 0 amide bonds. The van der Waals surface area contributed by atoms with Crippen LogP contribution in [-0.4, -0.2) is 23.4 Å². The molecule has 0 saturated heterocycles. The zero-order valence-electron chi connectivity index (χ0n) is 11.8. The van der Waals surface area contributed by atoms with E-state index >= 15 is 0 Å². The Kier molecular flexibility index (Phi) is 4.58. The van der Waals surface area contributed by atoms with Crippen LogP contribution < -0.4 is 10.1 Å². The molecule has 1 aromatic heterocycles. The molecule has 1 N–H and O–H groups in total. The summed E-state index contributed by atoms with van der Waals surface area (Å²) in [6.07, 6.45) is 3.97. The van der Waals surface area contributed by atoms with Gasteiger partial charge in [-0.25, -0.2) is 0 Å². The number of benzene rings is 1. The normalized spacial score (nSPS) is 10.7. The van der Waals surface area contributed by atoms with Gasteiger partial charge in [-0.3, -0.25) is 4.68 Å². The zero-order valence-corrected chi connectivity index (χ0v) is 11.8. The van der Waals surface area contributed by atoms with Gasteiger partial charge in [0.1, 0.15) is 5.75 Å². The summed E-state index contributed by atoms with van der Waals surface area (Å²) in [7, 11) is 1.71. The molecule has 19 heavy (non-hydrogen) atoms. The van der Waals surface area contributed by atoms with E-state index < -0.39 is 0 Å². The number of nitrogens with one attached hydrogen (secondary N) is 1. The third kappa shape index (κ3) is 3.15. The molecule has 0 atom stereocenters. The SMILES string of the molecule is CCNCc1cc(-c2cnn(CC)c2)ccc1OC. The van der Waals surface area contributed by atoms with E-state index in [1.54, 1.807) is 7.11 Å². The summed E-state index contributed by atoms with van der Waals surface area (Å²) in [5, 5.41) is 7.65. The highest BCUT2D eigenvalue weighted by Crippen LogP contribution is 2.26. The van der Waals surface area contributed by atoms with Crippen LogP contribution in [0.4, 0.5) is 0 Å². The van der Waals surface area contributed by atoms with E-state index in [-0.39, 0.29) is 0 Å². The first kappa shape index (κ1) is 13.6. The monoisotopic (exact) mass is 259 g/mol. The van der Waals surface area contributed by atoms with Crippen LogP contribution >= 0.6 is 0 Å². The highest BCUT2D eigenvalue weighted by molar-refractivity contribution is 5.64. The second-order valence-corrected chi connectivity index (χ2v) is 4.39. The fourth-order valence-corrected chi connectivity index (χ4v) is 2.04. The topological polar surface area (TPSA) is 39.1 Å². The van der Waals surface area contributed by atoms with Crippen LogP contribution in [0.2, 0.25) is 0 Å². The Balaban J connectivity index is 2.30. The molecule has 0 fully saturated rings. The molecular formula is C15H21N3O. The van der Waals surface area contributed by atoms with E-state index in [4.69, 9.17) is 4.74 Å². The third-order valence-corrected chi connectivity index (χ3v) is 3.14. The molecule has 0 bridgehead atoms. The number of nitrogens with zero attached hydrogens (tertiary/aromatic N) is 2. The highest BCUT2D eigenvalue weighted by atomic mass is 16.5.